The second-order valence-electron chi connectivity index (χ2n) is 5.50. The van der Waals surface area contributed by atoms with Gasteiger partial charge in [-0.05, 0) is 18.4 Å². The largest absolute Gasteiger partial charge is 0.497 e. The van der Waals surface area contributed by atoms with E-state index in [1.54, 1.807) is 32.4 Å². The van der Waals surface area contributed by atoms with E-state index >= 15 is 0 Å². The van der Waals surface area contributed by atoms with Crippen molar-refractivity contribution in [3.8, 4) is 11.5 Å². The number of ether oxygens (including phenoxy) is 2. The molecule has 1 aliphatic rings. The highest BCUT2D eigenvalue weighted by atomic mass is 16.5. The predicted octanol–water partition coefficient (Wildman–Crippen LogP) is 3.37. The summed E-state index contributed by atoms with van der Waals surface area (Å²) in [5, 5.41) is 2.99. The topological polar surface area (TPSA) is 47.6 Å². The number of carbonyl (C=O) groups excluding carboxylic acids is 1. The van der Waals surface area contributed by atoms with Gasteiger partial charge >= 0.3 is 0 Å². The third kappa shape index (κ3) is 2.64. The number of hydrogen-bond donors (Lipinski definition) is 1. The highest BCUT2D eigenvalue weighted by molar-refractivity contribution is 6.01. The number of anilines is 1. The lowest BCUT2D eigenvalue weighted by Crippen LogP contribution is -2.27. The number of carbonyl (C=O) groups is 1. The van der Waals surface area contributed by atoms with Gasteiger partial charge in [0.15, 0.2) is 0 Å². The fourth-order valence-electron chi connectivity index (χ4n) is 2.66. The Morgan fingerprint density at radius 1 is 1.00 bits per heavy atom. The van der Waals surface area contributed by atoms with Crippen LogP contribution in [0.4, 0.5) is 5.69 Å². The Kier molecular flexibility index (Phi) is 3.75. The first-order chi connectivity index (χ1) is 10.7. The summed E-state index contributed by atoms with van der Waals surface area (Å²) in [6, 6.07) is 15.3. The van der Waals surface area contributed by atoms with Gasteiger partial charge in [0.05, 0.1) is 19.6 Å². The zero-order valence-electron chi connectivity index (χ0n) is 12.8. The Morgan fingerprint density at radius 3 is 2.09 bits per heavy atom. The third-order valence-corrected chi connectivity index (χ3v) is 4.12. The lowest BCUT2D eigenvalue weighted by Gasteiger charge is -2.16. The maximum atomic E-state index is 12.7. The molecule has 0 aromatic heterocycles. The second-order valence-corrected chi connectivity index (χ2v) is 5.50. The van der Waals surface area contributed by atoms with Gasteiger partial charge in [-0.3, -0.25) is 4.79 Å². The Morgan fingerprint density at radius 2 is 1.59 bits per heavy atom. The Labute approximate surface area is 130 Å². The maximum absolute atomic E-state index is 12.7. The molecule has 114 valence electrons. The summed E-state index contributed by atoms with van der Waals surface area (Å²) in [5.74, 6) is 1.33. The van der Waals surface area contributed by atoms with Crippen LogP contribution >= 0.6 is 0 Å². The number of methoxy groups -OCH3 is 2. The minimum atomic E-state index is -0.391. The van der Waals surface area contributed by atoms with Crippen LogP contribution in [0.2, 0.25) is 0 Å². The minimum Gasteiger partial charge on any atom is -0.497 e. The molecule has 0 aliphatic heterocycles. The van der Waals surface area contributed by atoms with Crippen molar-refractivity contribution in [2.45, 2.75) is 18.3 Å². The minimum absolute atomic E-state index is 0.0222. The standard InChI is InChI=1S/C18H19NO3/c1-21-15-10-14(11-16(12-15)22-2)19-17(20)18(8-9-18)13-6-4-3-5-7-13/h3-7,10-12H,8-9H2,1-2H3,(H,19,20). The first-order valence-corrected chi connectivity index (χ1v) is 7.28. The van der Waals surface area contributed by atoms with E-state index in [0.717, 1.165) is 18.4 Å². The van der Waals surface area contributed by atoms with Gasteiger partial charge in [-0.15, -0.1) is 0 Å². The van der Waals surface area contributed by atoms with Gasteiger partial charge in [0.25, 0.3) is 0 Å². The first kappa shape index (κ1) is 14.4. The van der Waals surface area contributed by atoms with E-state index in [1.165, 1.54) is 0 Å². The van der Waals surface area contributed by atoms with E-state index in [0.29, 0.717) is 17.2 Å². The van der Waals surface area contributed by atoms with Crippen molar-refractivity contribution in [3.63, 3.8) is 0 Å². The molecule has 3 rings (SSSR count). The molecule has 0 atom stereocenters. The fourth-order valence-corrected chi connectivity index (χ4v) is 2.66. The number of hydrogen-bond acceptors (Lipinski definition) is 3. The summed E-state index contributed by atoms with van der Waals surface area (Å²) in [7, 11) is 3.18. The molecule has 0 radical (unpaired) electrons. The number of rotatable bonds is 5. The summed E-state index contributed by atoms with van der Waals surface area (Å²) < 4.78 is 10.5. The quantitative estimate of drug-likeness (QED) is 0.920. The highest BCUT2D eigenvalue weighted by Gasteiger charge is 2.51. The van der Waals surface area contributed by atoms with Crippen molar-refractivity contribution in [3.05, 3.63) is 54.1 Å². The molecule has 1 fully saturated rings. The van der Waals surface area contributed by atoms with E-state index in [1.807, 2.05) is 30.3 Å². The molecule has 0 spiro atoms. The predicted molar refractivity (Wildman–Crippen MR) is 85.5 cm³/mol. The number of benzene rings is 2. The molecular formula is C18H19NO3. The maximum Gasteiger partial charge on any atom is 0.235 e. The van der Waals surface area contributed by atoms with Crippen molar-refractivity contribution in [2.75, 3.05) is 19.5 Å². The van der Waals surface area contributed by atoms with Gasteiger partial charge in [0.1, 0.15) is 11.5 Å². The summed E-state index contributed by atoms with van der Waals surface area (Å²) in [4.78, 5) is 12.7. The molecule has 2 aromatic carbocycles. The first-order valence-electron chi connectivity index (χ1n) is 7.28. The zero-order valence-corrected chi connectivity index (χ0v) is 12.8. The molecule has 4 nitrogen and oxygen atoms in total. The van der Waals surface area contributed by atoms with Gasteiger partial charge in [0, 0.05) is 23.9 Å². The zero-order chi connectivity index (χ0) is 15.6. The third-order valence-electron chi connectivity index (χ3n) is 4.12. The monoisotopic (exact) mass is 297 g/mol. The summed E-state index contributed by atoms with van der Waals surface area (Å²) in [5.41, 5.74) is 1.36. The molecule has 0 bridgehead atoms. The Bertz CT molecular complexity index is 656. The fraction of sp³-hybridized carbons (Fsp3) is 0.278. The van der Waals surface area contributed by atoms with Gasteiger partial charge in [0.2, 0.25) is 5.91 Å². The van der Waals surface area contributed by atoms with E-state index in [4.69, 9.17) is 9.47 Å². The van der Waals surface area contributed by atoms with Gasteiger partial charge < -0.3 is 14.8 Å². The van der Waals surface area contributed by atoms with Crippen LogP contribution in [0.5, 0.6) is 11.5 Å². The van der Waals surface area contributed by atoms with Gasteiger partial charge in [-0.1, -0.05) is 30.3 Å². The van der Waals surface area contributed by atoms with E-state index in [-0.39, 0.29) is 5.91 Å². The lowest BCUT2D eigenvalue weighted by atomic mass is 9.95. The molecule has 1 aliphatic carbocycles. The molecule has 4 heteroatoms. The average molecular weight is 297 g/mol. The number of amides is 1. The molecule has 0 unspecified atom stereocenters. The van der Waals surface area contributed by atoms with Crippen molar-refractivity contribution in [1.29, 1.82) is 0 Å². The van der Waals surface area contributed by atoms with Crippen molar-refractivity contribution >= 4 is 11.6 Å². The van der Waals surface area contributed by atoms with Crippen LogP contribution in [0.3, 0.4) is 0 Å². The van der Waals surface area contributed by atoms with E-state index in [9.17, 15) is 4.79 Å². The molecular weight excluding hydrogens is 278 g/mol. The van der Waals surface area contributed by atoms with Gasteiger partial charge in [-0.2, -0.15) is 0 Å². The smallest absolute Gasteiger partial charge is 0.235 e. The van der Waals surface area contributed by atoms with E-state index < -0.39 is 5.41 Å². The summed E-state index contributed by atoms with van der Waals surface area (Å²) >= 11 is 0. The van der Waals surface area contributed by atoms with Crippen LogP contribution in [-0.2, 0) is 10.2 Å². The molecule has 0 heterocycles. The van der Waals surface area contributed by atoms with Crippen LogP contribution in [0.15, 0.2) is 48.5 Å². The Hall–Kier alpha value is -2.49. The van der Waals surface area contributed by atoms with Crippen LogP contribution in [0.1, 0.15) is 18.4 Å². The van der Waals surface area contributed by atoms with Crippen LogP contribution < -0.4 is 14.8 Å². The molecule has 0 saturated heterocycles. The van der Waals surface area contributed by atoms with Crippen LogP contribution in [0, 0.1) is 0 Å². The van der Waals surface area contributed by atoms with Crippen molar-refractivity contribution < 1.29 is 14.3 Å². The summed E-state index contributed by atoms with van der Waals surface area (Å²) in [6.07, 6.45) is 1.76. The van der Waals surface area contributed by atoms with Gasteiger partial charge in [-0.25, -0.2) is 0 Å². The SMILES string of the molecule is COc1cc(NC(=O)C2(c3ccccc3)CC2)cc(OC)c1. The van der Waals surface area contributed by atoms with Crippen LogP contribution in [-0.4, -0.2) is 20.1 Å². The lowest BCUT2D eigenvalue weighted by molar-refractivity contribution is -0.118. The van der Waals surface area contributed by atoms with Crippen molar-refractivity contribution in [1.82, 2.24) is 0 Å². The average Bonchev–Trinajstić information content (AvgIpc) is 3.37. The molecule has 22 heavy (non-hydrogen) atoms. The summed E-state index contributed by atoms with van der Waals surface area (Å²) in [6.45, 7) is 0. The molecule has 2 aromatic rings. The molecule has 1 saturated carbocycles. The van der Waals surface area contributed by atoms with E-state index in [2.05, 4.69) is 5.32 Å². The van der Waals surface area contributed by atoms with Crippen molar-refractivity contribution in [2.24, 2.45) is 0 Å². The Balaban J connectivity index is 1.83. The number of nitrogens with one attached hydrogen (secondary N) is 1. The second kappa shape index (κ2) is 5.72. The normalized spacial score (nSPS) is 15.0. The molecule has 1 amide bonds. The highest BCUT2D eigenvalue weighted by Crippen LogP contribution is 2.49. The van der Waals surface area contributed by atoms with Crippen LogP contribution in [0.25, 0.3) is 0 Å². The molecule has 1 N–H and O–H groups in total.